The van der Waals surface area contributed by atoms with Crippen molar-refractivity contribution in [1.82, 2.24) is 4.98 Å². The average molecular weight is 513 g/mol. The molecule has 0 radical (unpaired) electrons. The van der Waals surface area contributed by atoms with Gasteiger partial charge in [0.25, 0.3) is 10.1 Å². The Labute approximate surface area is 207 Å². The number of aromatic nitrogens is 1. The zero-order valence-electron chi connectivity index (χ0n) is 19.3. The first-order valence-corrected chi connectivity index (χ1v) is 12.2. The van der Waals surface area contributed by atoms with Crippen LogP contribution in [0.5, 0.6) is 0 Å². The summed E-state index contributed by atoms with van der Waals surface area (Å²) < 4.78 is 43.8. The topological polar surface area (TPSA) is 146 Å². The van der Waals surface area contributed by atoms with Crippen LogP contribution in [-0.2, 0) is 16.7 Å². The van der Waals surface area contributed by atoms with E-state index in [2.05, 4.69) is 10.3 Å². The number of nitrogens with two attached hydrogens (primary N) is 1. The number of nitrogens with zero attached hydrogens (tertiary/aromatic N) is 2. The highest BCUT2D eigenvalue weighted by Crippen LogP contribution is 2.24. The lowest BCUT2D eigenvalue weighted by atomic mass is 10.1. The van der Waals surface area contributed by atoms with Crippen molar-refractivity contribution in [3.05, 3.63) is 90.2 Å². The summed E-state index contributed by atoms with van der Waals surface area (Å²) in [4.78, 5) is 16.3. The SMILES string of the molecule is CCN(C(=O)O)c1ccc(NCc2ccc(F)cc2)nc1N.O=S(=O)(O)c1cccc2ccccc12. The molecule has 4 aromatic rings. The van der Waals surface area contributed by atoms with Crippen LogP contribution in [0.25, 0.3) is 10.8 Å². The van der Waals surface area contributed by atoms with Crippen LogP contribution >= 0.6 is 0 Å². The van der Waals surface area contributed by atoms with E-state index in [1.54, 1.807) is 61.5 Å². The maximum absolute atomic E-state index is 12.8. The first-order chi connectivity index (χ1) is 17.1. The fourth-order valence-electron chi connectivity index (χ4n) is 3.42. The van der Waals surface area contributed by atoms with E-state index in [-0.39, 0.29) is 23.1 Å². The van der Waals surface area contributed by atoms with E-state index < -0.39 is 16.2 Å². The molecular weight excluding hydrogens is 487 g/mol. The third-order valence-corrected chi connectivity index (χ3v) is 6.07. The summed E-state index contributed by atoms with van der Waals surface area (Å²) in [5.41, 5.74) is 7.06. The van der Waals surface area contributed by atoms with Crippen LogP contribution in [0.1, 0.15) is 12.5 Å². The van der Waals surface area contributed by atoms with Gasteiger partial charge >= 0.3 is 6.09 Å². The summed E-state index contributed by atoms with van der Waals surface area (Å²) in [6.07, 6.45) is -1.08. The van der Waals surface area contributed by atoms with Gasteiger partial charge in [-0.1, -0.05) is 48.5 Å². The number of benzene rings is 3. The smallest absolute Gasteiger partial charge is 0.411 e. The second-order valence-electron chi connectivity index (χ2n) is 7.56. The highest BCUT2D eigenvalue weighted by Gasteiger charge is 2.16. The maximum Gasteiger partial charge on any atom is 0.411 e. The maximum atomic E-state index is 12.8. The molecule has 188 valence electrons. The Hall–Kier alpha value is -4.22. The molecule has 36 heavy (non-hydrogen) atoms. The molecule has 4 rings (SSSR count). The minimum absolute atomic E-state index is 0.0457. The highest BCUT2D eigenvalue weighted by atomic mass is 32.2. The highest BCUT2D eigenvalue weighted by molar-refractivity contribution is 7.86. The first-order valence-electron chi connectivity index (χ1n) is 10.8. The van der Waals surface area contributed by atoms with E-state index in [1.807, 2.05) is 6.07 Å². The minimum Gasteiger partial charge on any atom is -0.465 e. The largest absolute Gasteiger partial charge is 0.465 e. The second-order valence-corrected chi connectivity index (χ2v) is 8.95. The fourth-order valence-corrected chi connectivity index (χ4v) is 4.13. The van der Waals surface area contributed by atoms with Crippen molar-refractivity contribution in [3.8, 4) is 0 Å². The number of anilines is 3. The molecule has 9 nitrogen and oxygen atoms in total. The van der Waals surface area contributed by atoms with Crippen molar-refractivity contribution in [2.75, 3.05) is 22.5 Å². The van der Waals surface area contributed by atoms with Gasteiger partial charge < -0.3 is 16.2 Å². The van der Waals surface area contributed by atoms with Crippen molar-refractivity contribution < 1.29 is 27.3 Å². The van der Waals surface area contributed by atoms with Gasteiger partial charge in [-0.25, -0.2) is 14.2 Å². The van der Waals surface area contributed by atoms with Crippen molar-refractivity contribution in [2.45, 2.75) is 18.4 Å². The number of hydrogen-bond acceptors (Lipinski definition) is 6. The first kappa shape index (κ1) is 26.4. The predicted octanol–water partition coefficient (Wildman–Crippen LogP) is 5.01. The summed E-state index contributed by atoms with van der Waals surface area (Å²) in [6, 6.07) is 21.2. The Balaban J connectivity index is 0.000000221. The molecule has 0 aliphatic heterocycles. The van der Waals surface area contributed by atoms with Crippen molar-refractivity contribution in [3.63, 3.8) is 0 Å². The number of pyridine rings is 1. The number of hydrogen-bond donors (Lipinski definition) is 4. The Kier molecular flexibility index (Phi) is 8.41. The summed E-state index contributed by atoms with van der Waals surface area (Å²) in [6.45, 7) is 2.46. The molecule has 0 saturated carbocycles. The summed E-state index contributed by atoms with van der Waals surface area (Å²) in [7, 11) is -4.13. The van der Waals surface area contributed by atoms with Crippen molar-refractivity contribution in [1.29, 1.82) is 0 Å². The Bertz CT molecular complexity index is 1460. The van der Waals surface area contributed by atoms with E-state index >= 15 is 0 Å². The van der Waals surface area contributed by atoms with Gasteiger partial charge in [-0.2, -0.15) is 8.42 Å². The number of fused-ring (bicyclic) bond motifs is 1. The zero-order chi connectivity index (χ0) is 26.3. The fraction of sp³-hybridized carbons (Fsp3) is 0.120. The number of nitrogens with one attached hydrogen (secondary N) is 1. The van der Waals surface area contributed by atoms with Gasteiger partial charge in [-0.05, 0) is 48.2 Å². The van der Waals surface area contributed by atoms with Crippen molar-refractivity contribution >= 4 is 44.3 Å². The zero-order valence-corrected chi connectivity index (χ0v) is 20.1. The number of amides is 1. The molecule has 3 aromatic carbocycles. The lowest BCUT2D eigenvalue weighted by Gasteiger charge is -2.19. The van der Waals surface area contributed by atoms with Gasteiger partial charge in [0.15, 0.2) is 0 Å². The molecule has 0 unspecified atom stereocenters. The summed E-state index contributed by atoms with van der Waals surface area (Å²) in [5, 5.41) is 13.5. The molecule has 1 amide bonds. The van der Waals surface area contributed by atoms with E-state index in [1.165, 1.54) is 18.2 Å². The van der Waals surface area contributed by atoms with Gasteiger partial charge in [0, 0.05) is 18.5 Å². The lowest BCUT2D eigenvalue weighted by Crippen LogP contribution is -2.29. The molecule has 1 aromatic heterocycles. The second kappa shape index (κ2) is 11.5. The summed E-state index contributed by atoms with van der Waals surface area (Å²) in [5.74, 6) is 0.365. The predicted molar refractivity (Wildman–Crippen MR) is 137 cm³/mol. The molecule has 0 aliphatic rings. The van der Waals surface area contributed by atoms with Crippen LogP contribution in [0, 0.1) is 5.82 Å². The molecule has 0 bridgehead atoms. The summed E-state index contributed by atoms with van der Waals surface area (Å²) >= 11 is 0. The van der Waals surface area contributed by atoms with Gasteiger partial charge in [-0.15, -0.1) is 0 Å². The molecule has 0 fully saturated rings. The molecule has 5 N–H and O–H groups in total. The third kappa shape index (κ3) is 6.68. The Morgan fingerprint density at radius 1 is 1.03 bits per heavy atom. The van der Waals surface area contributed by atoms with E-state index in [0.29, 0.717) is 23.4 Å². The quantitative estimate of drug-likeness (QED) is 0.264. The van der Waals surface area contributed by atoms with E-state index in [4.69, 9.17) is 15.4 Å². The normalized spacial score (nSPS) is 10.9. The van der Waals surface area contributed by atoms with Gasteiger partial charge in [-0.3, -0.25) is 9.45 Å². The standard InChI is InChI=1S/C15H17FN4O2.C10H8O3S/c1-2-20(15(21)22)12-7-8-13(19-14(12)17)18-9-10-3-5-11(16)6-4-10;11-14(12,13)10-7-3-5-8-4-1-2-6-9(8)10/h3-8H,2,9H2,1H3,(H,21,22)(H3,17,18,19);1-7H,(H,11,12,13). The number of carboxylic acid groups (broad SMARTS) is 1. The van der Waals surface area contributed by atoms with Crippen LogP contribution in [0.15, 0.2) is 83.8 Å². The van der Waals surface area contributed by atoms with Crippen molar-refractivity contribution in [2.24, 2.45) is 0 Å². The van der Waals surface area contributed by atoms with E-state index in [0.717, 1.165) is 15.8 Å². The van der Waals surface area contributed by atoms with Crippen LogP contribution < -0.4 is 16.0 Å². The van der Waals surface area contributed by atoms with Gasteiger partial charge in [0.1, 0.15) is 22.3 Å². The van der Waals surface area contributed by atoms with Crippen LogP contribution in [-0.4, -0.2) is 35.7 Å². The van der Waals surface area contributed by atoms with Gasteiger partial charge in [0.05, 0.1) is 5.69 Å². The minimum atomic E-state index is -4.13. The number of rotatable bonds is 6. The van der Waals surface area contributed by atoms with Crippen LogP contribution in [0.3, 0.4) is 0 Å². The molecule has 0 saturated heterocycles. The number of halogens is 1. The molecule has 0 aliphatic carbocycles. The molecule has 1 heterocycles. The molecule has 11 heteroatoms. The molecule has 0 atom stereocenters. The Morgan fingerprint density at radius 3 is 2.31 bits per heavy atom. The van der Waals surface area contributed by atoms with Gasteiger partial charge in [0.2, 0.25) is 0 Å². The lowest BCUT2D eigenvalue weighted by molar-refractivity contribution is 0.202. The van der Waals surface area contributed by atoms with Crippen LogP contribution in [0.4, 0.5) is 26.5 Å². The monoisotopic (exact) mass is 512 g/mol. The number of nitrogen functional groups attached to an aromatic ring is 1. The molecule has 0 spiro atoms. The van der Waals surface area contributed by atoms with Crippen LogP contribution in [0.2, 0.25) is 0 Å². The third-order valence-electron chi connectivity index (χ3n) is 5.15. The number of carbonyl (C=O) groups is 1. The van der Waals surface area contributed by atoms with E-state index in [9.17, 15) is 17.6 Å². The Morgan fingerprint density at radius 2 is 1.69 bits per heavy atom. The average Bonchev–Trinajstić information content (AvgIpc) is 2.84. The molecular formula is C25H25FN4O5S.